The highest BCUT2D eigenvalue weighted by Crippen LogP contribution is 2.20. The number of amides is 4. The lowest BCUT2D eigenvalue weighted by Crippen LogP contribution is -2.47. The molecule has 2 aromatic carbocycles. The minimum atomic E-state index is -0.796. The molecule has 0 spiro atoms. The summed E-state index contributed by atoms with van der Waals surface area (Å²) < 4.78 is 0.743. The van der Waals surface area contributed by atoms with Crippen LogP contribution in [0.3, 0.4) is 0 Å². The molecular formula is C18H19BrN4O3. The first-order valence-corrected chi connectivity index (χ1v) is 8.69. The number of carbonyl (C=O) groups is 3. The van der Waals surface area contributed by atoms with Crippen LogP contribution in [-0.2, 0) is 9.59 Å². The van der Waals surface area contributed by atoms with Crippen molar-refractivity contribution >= 4 is 45.2 Å². The second kappa shape index (κ2) is 9.57. The molecule has 136 valence electrons. The Kier molecular flexibility index (Phi) is 7.16. The van der Waals surface area contributed by atoms with Gasteiger partial charge in [0.1, 0.15) is 6.04 Å². The van der Waals surface area contributed by atoms with E-state index in [0.717, 1.165) is 4.47 Å². The van der Waals surface area contributed by atoms with Gasteiger partial charge in [0.15, 0.2) is 0 Å². The van der Waals surface area contributed by atoms with Gasteiger partial charge < -0.3 is 21.3 Å². The molecule has 0 aromatic heterocycles. The number of benzene rings is 2. The minimum absolute atomic E-state index is 0.202. The number of carbonyl (C=O) groups excluding carboxylic acids is 3. The van der Waals surface area contributed by atoms with Crippen LogP contribution >= 0.6 is 15.9 Å². The smallest absolute Gasteiger partial charge is 0.319 e. The van der Waals surface area contributed by atoms with Gasteiger partial charge in [0.2, 0.25) is 11.8 Å². The summed E-state index contributed by atoms with van der Waals surface area (Å²) in [6.07, 6.45) is 0. The van der Waals surface area contributed by atoms with Crippen LogP contribution in [0, 0.1) is 0 Å². The van der Waals surface area contributed by atoms with Gasteiger partial charge in [-0.1, -0.05) is 30.3 Å². The van der Waals surface area contributed by atoms with Crippen LogP contribution in [0.4, 0.5) is 16.2 Å². The third kappa shape index (κ3) is 6.21. The SMILES string of the molecule is CC(NC(=O)Nc1ccccc1)C(=O)NCC(=O)Nc1ccccc1Br. The van der Waals surface area contributed by atoms with Crippen LogP contribution in [0.15, 0.2) is 59.1 Å². The fourth-order valence-corrected chi connectivity index (χ4v) is 2.41. The lowest BCUT2D eigenvalue weighted by molar-refractivity contribution is -0.125. The molecule has 0 aliphatic carbocycles. The lowest BCUT2D eigenvalue weighted by atomic mass is 10.3. The molecule has 0 aliphatic heterocycles. The molecule has 0 aliphatic rings. The first-order chi connectivity index (χ1) is 12.5. The number of halogens is 1. The molecular weight excluding hydrogens is 400 g/mol. The topological polar surface area (TPSA) is 99.3 Å². The molecule has 0 fully saturated rings. The van der Waals surface area contributed by atoms with Crippen molar-refractivity contribution in [2.75, 3.05) is 17.2 Å². The third-order valence-corrected chi connectivity index (χ3v) is 4.04. The fourth-order valence-electron chi connectivity index (χ4n) is 2.03. The Balaban J connectivity index is 1.75. The van der Waals surface area contributed by atoms with Gasteiger partial charge in [-0.2, -0.15) is 0 Å². The zero-order chi connectivity index (χ0) is 18.9. The molecule has 4 amide bonds. The van der Waals surface area contributed by atoms with Gasteiger partial charge in [0.25, 0.3) is 0 Å². The normalized spacial score (nSPS) is 11.2. The largest absolute Gasteiger partial charge is 0.345 e. The molecule has 1 unspecified atom stereocenters. The molecule has 7 nitrogen and oxygen atoms in total. The number of nitrogens with one attached hydrogen (secondary N) is 4. The average molecular weight is 419 g/mol. The zero-order valence-electron chi connectivity index (χ0n) is 14.1. The minimum Gasteiger partial charge on any atom is -0.345 e. The quantitative estimate of drug-likeness (QED) is 0.580. The van der Waals surface area contributed by atoms with Crippen molar-refractivity contribution in [1.29, 1.82) is 0 Å². The first-order valence-electron chi connectivity index (χ1n) is 7.90. The Morgan fingerprint density at radius 2 is 1.62 bits per heavy atom. The van der Waals surface area contributed by atoms with Crippen molar-refractivity contribution in [1.82, 2.24) is 10.6 Å². The molecule has 2 rings (SSSR count). The molecule has 26 heavy (non-hydrogen) atoms. The van der Waals surface area contributed by atoms with E-state index in [9.17, 15) is 14.4 Å². The summed E-state index contributed by atoms with van der Waals surface area (Å²) in [6, 6.07) is 14.7. The summed E-state index contributed by atoms with van der Waals surface area (Å²) in [5, 5.41) is 10.3. The van der Waals surface area contributed by atoms with Crippen molar-refractivity contribution < 1.29 is 14.4 Å². The standard InChI is InChI=1S/C18H19BrN4O3/c1-12(21-18(26)22-13-7-3-2-4-8-13)17(25)20-11-16(24)23-15-10-6-5-9-14(15)19/h2-10,12H,11H2,1H3,(H,20,25)(H,23,24)(H2,21,22,26). The van der Waals surface area contributed by atoms with Crippen LogP contribution in [0.5, 0.6) is 0 Å². The molecule has 0 heterocycles. The van der Waals surface area contributed by atoms with E-state index in [-0.39, 0.29) is 12.5 Å². The first kappa shape index (κ1) is 19.5. The maximum absolute atomic E-state index is 12.0. The van der Waals surface area contributed by atoms with Gasteiger partial charge in [-0.3, -0.25) is 9.59 Å². The number of para-hydroxylation sites is 2. The molecule has 4 N–H and O–H groups in total. The predicted octanol–water partition coefficient (Wildman–Crippen LogP) is 2.71. The summed E-state index contributed by atoms with van der Waals surface area (Å²) in [5.41, 5.74) is 1.23. The average Bonchev–Trinajstić information content (AvgIpc) is 2.62. The van der Waals surface area contributed by atoms with Gasteiger partial charge in [-0.05, 0) is 47.1 Å². The number of hydrogen-bond donors (Lipinski definition) is 4. The fraction of sp³-hybridized carbons (Fsp3) is 0.167. The Hall–Kier alpha value is -2.87. The van der Waals surface area contributed by atoms with E-state index >= 15 is 0 Å². The van der Waals surface area contributed by atoms with E-state index in [1.807, 2.05) is 12.1 Å². The van der Waals surface area contributed by atoms with Gasteiger partial charge in [0, 0.05) is 10.2 Å². The van der Waals surface area contributed by atoms with Gasteiger partial charge >= 0.3 is 6.03 Å². The summed E-state index contributed by atoms with van der Waals surface area (Å²) in [5.74, 6) is -0.832. The van der Waals surface area contributed by atoms with Gasteiger partial charge in [0.05, 0.1) is 12.2 Å². The molecule has 8 heteroatoms. The van der Waals surface area contributed by atoms with E-state index in [2.05, 4.69) is 37.2 Å². The molecule has 0 bridgehead atoms. The number of anilines is 2. The Bertz CT molecular complexity index is 783. The number of hydrogen-bond acceptors (Lipinski definition) is 3. The highest BCUT2D eigenvalue weighted by atomic mass is 79.9. The second-order valence-corrected chi connectivity index (χ2v) is 6.29. The zero-order valence-corrected chi connectivity index (χ0v) is 15.7. The number of rotatable bonds is 6. The van der Waals surface area contributed by atoms with Crippen LogP contribution in [-0.4, -0.2) is 30.4 Å². The van der Waals surface area contributed by atoms with Gasteiger partial charge in [-0.15, -0.1) is 0 Å². The van der Waals surface area contributed by atoms with Crippen molar-refractivity contribution in [3.05, 3.63) is 59.1 Å². The lowest BCUT2D eigenvalue weighted by Gasteiger charge is -2.15. The second-order valence-electron chi connectivity index (χ2n) is 5.43. The molecule has 2 aromatic rings. The van der Waals surface area contributed by atoms with Crippen LogP contribution in [0.25, 0.3) is 0 Å². The predicted molar refractivity (Wildman–Crippen MR) is 104 cm³/mol. The summed E-state index contributed by atoms with van der Waals surface area (Å²) >= 11 is 3.33. The monoisotopic (exact) mass is 418 g/mol. The number of urea groups is 1. The maximum atomic E-state index is 12.0. The van der Waals surface area contributed by atoms with Crippen LogP contribution in [0.2, 0.25) is 0 Å². The van der Waals surface area contributed by atoms with Gasteiger partial charge in [-0.25, -0.2) is 4.79 Å². The molecule has 1 atom stereocenters. The van der Waals surface area contributed by atoms with Crippen molar-refractivity contribution in [3.63, 3.8) is 0 Å². The summed E-state index contributed by atoms with van der Waals surface area (Å²) in [6.45, 7) is 1.33. The summed E-state index contributed by atoms with van der Waals surface area (Å²) in [7, 11) is 0. The van der Waals surface area contributed by atoms with Crippen molar-refractivity contribution in [2.24, 2.45) is 0 Å². The van der Waals surface area contributed by atoms with E-state index in [1.165, 1.54) is 6.92 Å². The maximum Gasteiger partial charge on any atom is 0.319 e. The van der Waals surface area contributed by atoms with E-state index in [4.69, 9.17) is 0 Å². The van der Waals surface area contributed by atoms with E-state index < -0.39 is 18.0 Å². The van der Waals surface area contributed by atoms with Crippen molar-refractivity contribution in [3.8, 4) is 0 Å². The van der Waals surface area contributed by atoms with Crippen molar-refractivity contribution in [2.45, 2.75) is 13.0 Å². The van der Waals surface area contributed by atoms with Crippen LogP contribution in [0.1, 0.15) is 6.92 Å². The highest BCUT2D eigenvalue weighted by Gasteiger charge is 2.16. The Labute approximate surface area is 159 Å². The summed E-state index contributed by atoms with van der Waals surface area (Å²) in [4.78, 5) is 35.8. The van der Waals surface area contributed by atoms with Crippen LogP contribution < -0.4 is 21.3 Å². The third-order valence-electron chi connectivity index (χ3n) is 3.34. The molecule has 0 saturated carbocycles. The van der Waals surface area contributed by atoms with E-state index in [1.54, 1.807) is 42.5 Å². The Morgan fingerprint density at radius 3 is 2.31 bits per heavy atom. The van der Waals surface area contributed by atoms with E-state index in [0.29, 0.717) is 11.4 Å². The molecule has 0 saturated heterocycles. The highest BCUT2D eigenvalue weighted by molar-refractivity contribution is 9.10. The molecule has 0 radical (unpaired) electrons. The Morgan fingerprint density at radius 1 is 0.962 bits per heavy atom.